The van der Waals surface area contributed by atoms with Crippen molar-refractivity contribution in [2.75, 3.05) is 0 Å². The predicted octanol–water partition coefficient (Wildman–Crippen LogP) is 16.2. The van der Waals surface area contributed by atoms with Crippen LogP contribution in [0.4, 0.5) is 0 Å². The van der Waals surface area contributed by atoms with Crippen molar-refractivity contribution in [1.82, 2.24) is 4.98 Å². The number of aryl methyl sites for hydroxylation is 3. The molecule has 0 N–H and O–H groups in total. The number of pyridine rings is 1. The quantitative estimate of drug-likeness (QED) is 0.119. The van der Waals surface area contributed by atoms with Crippen molar-refractivity contribution < 1.29 is 0 Å². The summed E-state index contributed by atoms with van der Waals surface area (Å²) in [6.07, 6.45) is 7.35. The zero-order valence-corrected chi connectivity index (χ0v) is 36.3. The number of nitrogens with zero attached hydrogens (tertiary/aromatic N) is 1. The number of unbranched alkanes of at least 4 members (excludes halogenated alkanes) is 3. The molecule has 0 amide bonds. The van der Waals surface area contributed by atoms with Crippen LogP contribution in [0.25, 0.3) is 66.7 Å². The van der Waals surface area contributed by atoms with Gasteiger partial charge in [0.15, 0.2) is 0 Å². The summed E-state index contributed by atoms with van der Waals surface area (Å²) in [5.74, 6) is 0. The second-order valence-corrected chi connectivity index (χ2v) is 18.6. The van der Waals surface area contributed by atoms with Crippen molar-refractivity contribution in [3.63, 3.8) is 0 Å². The Balaban J connectivity index is 1.04. The molecule has 0 saturated carbocycles. The smallest absolute Gasteiger partial charge is 0.0716 e. The van der Waals surface area contributed by atoms with Gasteiger partial charge in [0.25, 0.3) is 0 Å². The third kappa shape index (κ3) is 7.75. The van der Waals surface area contributed by atoms with Gasteiger partial charge >= 0.3 is 0 Å². The van der Waals surface area contributed by atoms with E-state index in [1.807, 2.05) is 0 Å². The van der Waals surface area contributed by atoms with E-state index in [-0.39, 0.29) is 10.8 Å². The first-order valence-electron chi connectivity index (χ1n) is 22.1. The van der Waals surface area contributed by atoms with E-state index in [0.717, 1.165) is 23.2 Å². The summed E-state index contributed by atoms with van der Waals surface area (Å²) in [4.78, 5) is 5.39. The molecule has 0 radical (unpaired) electrons. The molecule has 7 aromatic carbocycles. The van der Waals surface area contributed by atoms with Crippen molar-refractivity contribution >= 4 is 10.9 Å². The fourth-order valence-electron chi connectivity index (χ4n) is 9.74. The highest BCUT2D eigenvalue weighted by molar-refractivity contribution is 6.00. The van der Waals surface area contributed by atoms with Gasteiger partial charge in [-0.25, -0.2) is 4.98 Å². The molecule has 9 rings (SSSR count). The second kappa shape index (κ2) is 16.2. The van der Waals surface area contributed by atoms with Gasteiger partial charge in [-0.2, -0.15) is 0 Å². The molecule has 1 aromatic heterocycles. The molecular weight excluding hydrogens is 723 g/mol. The number of benzene rings is 7. The zero-order chi connectivity index (χ0) is 41.4. The molecular formula is C59H57N. The Hall–Kier alpha value is -6.05. The van der Waals surface area contributed by atoms with Gasteiger partial charge < -0.3 is 0 Å². The zero-order valence-electron chi connectivity index (χ0n) is 36.3. The van der Waals surface area contributed by atoms with Crippen molar-refractivity contribution in [2.45, 2.75) is 90.9 Å². The van der Waals surface area contributed by atoms with Crippen LogP contribution in [0, 0.1) is 6.92 Å². The Morgan fingerprint density at radius 1 is 0.467 bits per heavy atom. The van der Waals surface area contributed by atoms with Gasteiger partial charge in [0, 0.05) is 16.4 Å². The normalized spacial score (nSPS) is 13.0. The van der Waals surface area contributed by atoms with E-state index >= 15 is 0 Å². The SMILES string of the molecule is Cc1cc(-c2cccc(CCCCCCc3ccccc3)c2)cc(C(C)(C)C)c1-c1ccc2nc(-c3ccc4c(c3)C(C)(C)c3ccccc3-4)cc(-c3ccccc3)c2c1. The third-order valence-corrected chi connectivity index (χ3v) is 13.0. The molecule has 1 aliphatic carbocycles. The van der Waals surface area contributed by atoms with E-state index in [2.05, 4.69) is 205 Å². The van der Waals surface area contributed by atoms with E-state index in [4.69, 9.17) is 4.98 Å². The lowest BCUT2D eigenvalue weighted by atomic mass is 9.78. The number of fused-ring (bicyclic) bond motifs is 4. The fraction of sp³-hybridized carbons (Fsp3) is 0.237. The van der Waals surface area contributed by atoms with Gasteiger partial charge in [0.2, 0.25) is 0 Å². The number of aromatic nitrogens is 1. The van der Waals surface area contributed by atoms with Crippen LogP contribution < -0.4 is 0 Å². The number of hydrogen-bond acceptors (Lipinski definition) is 1. The highest BCUT2D eigenvalue weighted by atomic mass is 14.7. The molecule has 0 saturated heterocycles. The first-order chi connectivity index (χ1) is 29.0. The van der Waals surface area contributed by atoms with E-state index < -0.39 is 0 Å². The van der Waals surface area contributed by atoms with E-state index in [1.54, 1.807) is 0 Å². The van der Waals surface area contributed by atoms with Gasteiger partial charge in [-0.3, -0.25) is 0 Å². The molecule has 298 valence electrons. The lowest BCUT2D eigenvalue weighted by Gasteiger charge is -2.26. The molecule has 0 fully saturated rings. The van der Waals surface area contributed by atoms with Gasteiger partial charge in [-0.15, -0.1) is 0 Å². The maximum atomic E-state index is 5.39. The van der Waals surface area contributed by atoms with Crippen LogP contribution in [-0.4, -0.2) is 4.98 Å². The fourth-order valence-corrected chi connectivity index (χ4v) is 9.74. The monoisotopic (exact) mass is 779 g/mol. The molecule has 0 bridgehead atoms. The molecule has 1 heterocycles. The molecule has 1 heteroatoms. The van der Waals surface area contributed by atoms with Crippen LogP contribution in [0.1, 0.15) is 93.7 Å². The second-order valence-electron chi connectivity index (χ2n) is 18.6. The maximum absolute atomic E-state index is 5.39. The lowest BCUT2D eigenvalue weighted by Crippen LogP contribution is -2.14. The summed E-state index contributed by atoms with van der Waals surface area (Å²) in [6.45, 7) is 14.0. The number of rotatable bonds is 11. The van der Waals surface area contributed by atoms with Crippen LogP contribution >= 0.6 is 0 Å². The van der Waals surface area contributed by atoms with Gasteiger partial charge in [0.05, 0.1) is 11.2 Å². The van der Waals surface area contributed by atoms with Gasteiger partial charge in [-0.05, 0) is 146 Å². The standard InChI is InChI=1S/C59H57N/c1-40-34-47(44-27-19-24-42(35-44)23-12-8-7-11-20-41-21-13-9-14-22-41)38-54(58(2,3)4)57(40)46-31-33-55-51(36-46)50(43-25-15-10-16-26-43)39-56(60-55)45-30-32-49-48-28-17-18-29-52(48)59(5,6)53(49)37-45/h9-10,13-19,21-22,24-39H,7-8,11-12,20,23H2,1-6H3. The molecule has 0 aliphatic heterocycles. The summed E-state index contributed by atoms with van der Waals surface area (Å²) >= 11 is 0. The summed E-state index contributed by atoms with van der Waals surface area (Å²) < 4.78 is 0. The molecule has 8 aromatic rings. The first-order valence-corrected chi connectivity index (χ1v) is 22.1. The molecule has 0 unspecified atom stereocenters. The summed E-state index contributed by atoms with van der Waals surface area (Å²) in [7, 11) is 0. The van der Waals surface area contributed by atoms with Crippen LogP contribution in [0.3, 0.4) is 0 Å². The van der Waals surface area contributed by atoms with Gasteiger partial charge in [-0.1, -0.05) is 181 Å². The van der Waals surface area contributed by atoms with Crippen molar-refractivity contribution in [2.24, 2.45) is 0 Å². The third-order valence-electron chi connectivity index (χ3n) is 13.0. The molecule has 60 heavy (non-hydrogen) atoms. The lowest BCUT2D eigenvalue weighted by molar-refractivity contribution is 0.592. The minimum Gasteiger partial charge on any atom is -0.248 e. The summed E-state index contributed by atoms with van der Waals surface area (Å²) in [5.41, 5.74) is 21.6. The molecule has 1 aliphatic rings. The van der Waals surface area contributed by atoms with E-state index in [9.17, 15) is 0 Å². The van der Waals surface area contributed by atoms with Crippen molar-refractivity contribution in [3.8, 4) is 55.8 Å². The van der Waals surface area contributed by atoms with E-state index in [1.165, 1.54) is 115 Å². The maximum Gasteiger partial charge on any atom is 0.0716 e. The predicted molar refractivity (Wildman–Crippen MR) is 257 cm³/mol. The van der Waals surface area contributed by atoms with Crippen LogP contribution in [0.15, 0.2) is 164 Å². The minimum absolute atomic E-state index is 0.0617. The van der Waals surface area contributed by atoms with Gasteiger partial charge in [0.1, 0.15) is 0 Å². The average molecular weight is 780 g/mol. The molecule has 0 atom stereocenters. The van der Waals surface area contributed by atoms with Crippen LogP contribution in [0.5, 0.6) is 0 Å². The highest BCUT2D eigenvalue weighted by Gasteiger charge is 2.35. The topological polar surface area (TPSA) is 12.9 Å². The van der Waals surface area contributed by atoms with Crippen LogP contribution in [0.2, 0.25) is 0 Å². The average Bonchev–Trinajstić information content (AvgIpc) is 3.49. The van der Waals surface area contributed by atoms with Crippen molar-refractivity contribution in [1.29, 1.82) is 0 Å². The molecule has 1 nitrogen and oxygen atoms in total. The number of hydrogen-bond donors (Lipinski definition) is 0. The Morgan fingerprint density at radius 2 is 1.12 bits per heavy atom. The first kappa shape index (κ1) is 39.4. The summed E-state index contributed by atoms with van der Waals surface area (Å²) in [6, 6.07) is 61.0. The highest BCUT2D eigenvalue weighted by Crippen LogP contribution is 2.50. The Morgan fingerprint density at radius 3 is 1.88 bits per heavy atom. The van der Waals surface area contributed by atoms with Crippen molar-refractivity contribution in [3.05, 3.63) is 197 Å². The Bertz CT molecular complexity index is 2820. The minimum atomic E-state index is -0.0697. The largest absolute Gasteiger partial charge is 0.248 e. The Labute approximate surface area is 358 Å². The van der Waals surface area contributed by atoms with Crippen LogP contribution in [-0.2, 0) is 23.7 Å². The Kier molecular flexibility index (Phi) is 10.6. The molecule has 0 spiro atoms. The van der Waals surface area contributed by atoms with E-state index in [0.29, 0.717) is 0 Å². The summed E-state index contributed by atoms with van der Waals surface area (Å²) in [5, 5.41) is 1.17.